The third kappa shape index (κ3) is 7.35. The monoisotopic (exact) mass is 296 g/mol. The number of hydrogen-bond donors (Lipinski definition) is 2. The summed E-state index contributed by atoms with van der Waals surface area (Å²) >= 11 is 0. The summed E-state index contributed by atoms with van der Waals surface area (Å²) in [5.41, 5.74) is 0.547. The van der Waals surface area contributed by atoms with E-state index in [-0.39, 0.29) is 19.0 Å². The fourth-order valence-electron chi connectivity index (χ4n) is 1.93. The summed E-state index contributed by atoms with van der Waals surface area (Å²) in [6.07, 6.45) is -5.47. The molecular weight excluding hydrogens is 280 g/mol. The molecule has 1 atom stereocenters. The molecule has 0 aliphatic carbocycles. The summed E-state index contributed by atoms with van der Waals surface area (Å²) in [5.74, 6) is -0.757. The average molecular weight is 296 g/mol. The number of hydrogen-bond acceptors (Lipinski definition) is 1. The Labute approximate surface area is 109 Å². The molecule has 1 aromatic carbocycles. The van der Waals surface area contributed by atoms with E-state index in [0.29, 0.717) is 5.56 Å². The smallest absolute Gasteiger partial charge is 0.324 e. The molecule has 0 spiro atoms. The van der Waals surface area contributed by atoms with Crippen LogP contribution < -0.4 is 0 Å². The van der Waals surface area contributed by atoms with E-state index in [1.165, 1.54) is 0 Å². The lowest BCUT2D eigenvalue weighted by Crippen LogP contribution is -2.14. The molecule has 0 saturated heterocycles. The van der Waals surface area contributed by atoms with Crippen molar-refractivity contribution in [3.8, 4) is 0 Å². The Hall–Kier alpha value is -0.840. The maximum atomic E-state index is 12.5. The first-order chi connectivity index (χ1) is 8.67. The van der Waals surface area contributed by atoms with Gasteiger partial charge >= 0.3 is 13.8 Å². The first kappa shape index (κ1) is 16.2. The van der Waals surface area contributed by atoms with Crippen molar-refractivity contribution in [2.75, 3.05) is 6.16 Å². The van der Waals surface area contributed by atoms with Crippen LogP contribution in [0.4, 0.5) is 13.2 Å². The highest BCUT2D eigenvalue weighted by Gasteiger charge is 2.32. The zero-order valence-corrected chi connectivity index (χ0v) is 11.1. The molecule has 0 radical (unpaired) electrons. The lowest BCUT2D eigenvalue weighted by Gasteiger charge is -2.19. The van der Waals surface area contributed by atoms with Gasteiger partial charge in [-0.2, -0.15) is 13.2 Å². The van der Waals surface area contributed by atoms with Crippen molar-refractivity contribution in [1.82, 2.24) is 0 Å². The van der Waals surface area contributed by atoms with Gasteiger partial charge in [-0.05, 0) is 24.3 Å². The zero-order valence-electron chi connectivity index (χ0n) is 10.2. The first-order valence-electron chi connectivity index (χ1n) is 5.84. The molecule has 19 heavy (non-hydrogen) atoms. The van der Waals surface area contributed by atoms with Gasteiger partial charge in [0.25, 0.3) is 0 Å². The number of alkyl halides is 3. The molecule has 0 aliphatic rings. The van der Waals surface area contributed by atoms with Crippen LogP contribution in [0.5, 0.6) is 0 Å². The predicted molar refractivity (Wildman–Crippen MR) is 66.0 cm³/mol. The van der Waals surface area contributed by atoms with Crippen molar-refractivity contribution in [3.63, 3.8) is 0 Å². The molecule has 0 saturated carbocycles. The molecule has 1 aromatic rings. The van der Waals surface area contributed by atoms with Gasteiger partial charge in [-0.1, -0.05) is 30.3 Å². The van der Waals surface area contributed by atoms with Crippen LogP contribution in [-0.2, 0) is 4.57 Å². The average Bonchev–Trinajstić information content (AvgIpc) is 2.25. The lowest BCUT2D eigenvalue weighted by molar-refractivity contribution is -0.139. The van der Waals surface area contributed by atoms with Gasteiger partial charge in [0.2, 0.25) is 0 Å². The van der Waals surface area contributed by atoms with Gasteiger partial charge in [0.15, 0.2) is 0 Å². The van der Waals surface area contributed by atoms with Crippen molar-refractivity contribution in [1.29, 1.82) is 0 Å². The highest BCUT2D eigenvalue weighted by Crippen LogP contribution is 2.39. The maximum Gasteiger partial charge on any atom is 0.389 e. The molecule has 0 amide bonds. The summed E-state index contributed by atoms with van der Waals surface area (Å²) in [4.78, 5) is 17.4. The molecule has 2 N–H and O–H groups in total. The molecule has 108 valence electrons. The minimum absolute atomic E-state index is 0.0694. The zero-order chi connectivity index (χ0) is 14.5. The summed E-state index contributed by atoms with van der Waals surface area (Å²) in [5, 5.41) is 0. The van der Waals surface area contributed by atoms with E-state index in [1.54, 1.807) is 30.3 Å². The molecule has 3 nitrogen and oxygen atoms in total. The van der Waals surface area contributed by atoms with Crippen molar-refractivity contribution in [3.05, 3.63) is 35.9 Å². The Kier molecular flexibility index (Phi) is 5.59. The molecule has 1 unspecified atom stereocenters. The van der Waals surface area contributed by atoms with E-state index in [1.807, 2.05) is 0 Å². The van der Waals surface area contributed by atoms with Crippen LogP contribution in [0.2, 0.25) is 0 Å². The van der Waals surface area contributed by atoms with Crippen LogP contribution in [0.1, 0.15) is 30.7 Å². The minimum Gasteiger partial charge on any atom is -0.324 e. The molecule has 7 heteroatoms. The van der Waals surface area contributed by atoms with E-state index in [0.717, 1.165) is 0 Å². The van der Waals surface area contributed by atoms with E-state index < -0.39 is 26.1 Å². The van der Waals surface area contributed by atoms with Gasteiger partial charge in [0.05, 0.1) is 6.42 Å². The SMILES string of the molecule is O=P(O)(O)CCCC(CC(F)(F)F)c1ccccc1. The molecule has 0 aromatic heterocycles. The second-order valence-corrected chi connectivity index (χ2v) is 6.23. The number of benzene rings is 1. The van der Waals surface area contributed by atoms with Gasteiger partial charge in [-0.3, -0.25) is 4.57 Å². The van der Waals surface area contributed by atoms with Crippen LogP contribution in [0.3, 0.4) is 0 Å². The quantitative estimate of drug-likeness (QED) is 0.787. The first-order valence-corrected chi connectivity index (χ1v) is 7.63. The number of rotatable bonds is 6. The Balaban J connectivity index is 2.68. The van der Waals surface area contributed by atoms with Crippen molar-refractivity contribution >= 4 is 7.60 Å². The van der Waals surface area contributed by atoms with Crippen LogP contribution in [-0.4, -0.2) is 22.1 Å². The molecule has 1 rings (SSSR count). The fraction of sp³-hybridized carbons (Fsp3) is 0.500. The van der Waals surface area contributed by atoms with Crippen LogP contribution >= 0.6 is 7.60 Å². The molecule has 0 fully saturated rings. The van der Waals surface area contributed by atoms with Gasteiger partial charge in [0, 0.05) is 6.16 Å². The Bertz CT molecular complexity index is 428. The highest BCUT2D eigenvalue weighted by molar-refractivity contribution is 7.51. The molecule has 0 bridgehead atoms. The molecular formula is C12H16F3O3P. The van der Waals surface area contributed by atoms with Gasteiger partial charge in [-0.15, -0.1) is 0 Å². The van der Waals surface area contributed by atoms with Crippen molar-refractivity contribution in [2.45, 2.75) is 31.4 Å². The van der Waals surface area contributed by atoms with Crippen molar-refractivity contribution in [2.24, 2.45) is 0 Å². The second-order valence-electron chi connectivity index (χ2n) is 4.46. The molecule has 0 heterocycles. The van der Waals surface area contributed by atoms with Crippen LogP contribution in [0, 0.1) is 0 Å². The highest BCUT2D eigenvalue weighted by atomic mass is 31.2. The van der Waals surface area contributed by atoms with Gasteiger partial charge < -0.3 is 9.79 Å². The number of halogens is 3. The van der Waals surface area contributed by atoms with E-state index in [4.69, 9.17) is 9.79 Å². The fourth-order valence-corrected chi connectivity index (χ4v) is 2.53. The van der Waals surface area contributed by atoms with Gasteiger partial charge in [-0.25, -0.2) is 0 Å². The van der Waals surface area contributed by atoms with E-state index >= 15 is 0 Å². The summed E-state index contributed by atoms with van der Waals surface area (Å²) in [6.45, 7) is 0. The Morgan fingerprint density at radius 1 is 1.16 bits per heavy atom. The summed E-state index contributed by atoms with van der Waals surface area (Å²) in [7, 11) is -4.15. The van der Waals surface area contributed by atoms with Crippen LogP contribution in [0.25, 0.3) is 0 Å². The molecule has 0 aliphatic heterocycles. The maximum absolute atomic E-state index is 12.5. The Morgan fingerprint density at radius 2 is 1.74 bits per heavy atom. The van der Waals surface area contributed by atoms with E-state index in [9.17, 15) is 17.7 Å². The predicted octanol–water partition coefficient (Wildman–Crippen LogP) is 3.68. The van der Waals surface area contributed by atoms with Crippen molar-refractivity contribution < 1.29 is 27.5 Å². The standard InChI is InChI=1S/C12H16F3O3P/c13-12(14,15)9-11(7-4-8-19(16,17)18)10-5-2-1-3-6-10/h1-3,5-6,11H,4,7-9H2,(H2,16,17,18). The second kappa shape index (κ2) is 6.55. The third-order valence-electron chi connectivity index (χ3n) is 2.75. The normalized spacial score (nSPS) is 14.4. The van der Waals surface area contributed by atoms with Gasteiger partial charge in [0.1, 0.15) is 0 Å². The largest absolute Gasteiger partial charge is 0.389 e. The Morgan fingerprint density at radius 3 is 2.21 bits per heavy atom. The summed E-state index contributed by atoms with van der Waals surface area (Å²) < 4.78 is 48.2. The van der Waals surface area contributed by atoms with Crippen LogP contribution in [0.15, 0.2) is 30.3 Å². The summed E-state index contributed by atoms with van der Waals surface area (Å²) in [6, 6.07) is 8.23. The minimum atomic E-state index is -4.29. The topological polar surface area (TPSA) is 57.5 Å². The third-order valence-corrected chi connectivity index (χ3v) is 3.65. The van der Waals surface area contributed by atoms with E-state index in [2.05, 4.69) is 0 Å². The lowest BCUT2D eigenvalue weighted by atomic mass is 9.91.